The van der Waals surface area contributed by atoms with Crippen LogP contribution in [0.1, 0.15) is 31.9 Å². The van der Waals surface area contributed by atoms with Crippen LogP contribution < -0.4 is 10.1 Å². The van der Waals surface area contributed by atoms with E-state index in [9.17, 15) is 14.7 Å². The van der Waals surface area contributed by atoms with Gasteiger partial charge in [0.2, 0.25) is 0 Å². The van der Waals surface area contributed by atoms with Crippen LogP contribution in [0.2, 0.25) is 5.02 Å². The van der Waals surface area contributed by atoms with Gasteiger partial charge >= 0.3 is 12.1 Å². The number of carbonyl (C=O) groups is 2. The normalized spacial score (nSPS) is 11.8. The summed E-state index contributed by atoms with van der Waals surface area (Å²) in [7, 11) is 0. The summed E-state index contributed by atoms with van der Waals surface area (Å²) in [6, 6.07) is 11.9. The largest absolute Gasteiger partial charge is 0.493 e. The maximum atomic E-state index is 12.1. The molecule has 162 valence electrons. The van der Waals surface area contributed by atoms with Gasteiger partial charge in [0.25, 0.3) is 0 Å². The molecule has 0 spiro atoms. The van der Waals surface area contributed by atoms with Gasteiger partial charge in [0.1, 0.15) is 12.4 Å². The fourth-order valence-corrected chi connectivity index (χ4v) is 2.86. The molecule has 2 aromatic carbocycles. The maximum absolute atomic E-state index is 12.1. The van der Waals surface area contributed by atoms with Crippen molar-refractivity contribution in [3.63, 3.8) is 0 Å². The van der Waals surface area contributed by atoms with Crippen molar-refractivity contribution in [3.05, 3.63) is 58.6 Å². The molecule has 2 rings (SSSR count). The highest BCUT2D eigenvalue weighted by atomic mass is 35.5. The molecule has 2 N–H and O–H groups in total. The molecule has 0 fully saturated rings. The Morgan fingerprint density at radius 1 is 1.13 bits per heavy atom. The van der Waals surface area contributed by atoms with Crippen LogP contribution in [0, 0.1) is 0 Å². The Hall–Kier alpha value is -2.77. The molecule has 0 aliphatic rings. The van der Waals surface area contributed by atoms with Crippen LogP contribution in [0.4, 0.5) is 10.5 Å². The van der Waals surface area contributed by atoms with Crippen LogP contribution in [0.3, 0.4) is 0 Å². The molecule has 0 saturated carbocycles. The first-order chi connectivity index (χ1) is 14.3. The third kappa shape index (κ3) is 7.57. The lowest BCUT2D eigenvalue weighted by Gasteiger charge is -2.18. The first-order valence-electron chi connectivity index (χ1n) is 9.60. The van der Waals surface area contributed by atoms with Gasteiger partial charge in [-0.2, -0.15) is 0 Å². The Kier molecular flexibility index (Phi) is 8.95. The lowest BCUT2D eigenvalue weighted by Crippen LogP contribution is -2.29. The number of aliphatic carboxylic acids is 1. The molecular weight excluding hydrogens is 410 g/mol. The number of benzene rings is 2. The molecule has 0 bridgehead atoms. The number of carboxylic acids is 1. The van der Waals surface area contributed by atoms with Crippen molar-refractivity contribution >= 4 is 29.4 Å². The van der Waals surface area contributed by atoms with E-state index in [-0.39, 0.29) is 19.1 Å². The quantitative estimate of drug-likeness (QED) is 0.550. The summed E-state index contributed by atoms with van der Waals surface area (Å²) in [5, 5.41) is 12.6. The van der Waals surface area contributed by atoms with Gasteiger partial charge in [0.05, 0.1) is 12.7 Å². The second-order valence-electron chi connectivity index (χ2n) is 6.80. The summed E-state index contributed by atoms with van der Waals surface area (Å²) >= 11 is 5.83. The molecule has 2 aromatic rings. The number of nitrogens with one attached hydrogen (secondary N) is 1. The Labute approximate surface area is 180 Å². The van der Waals surface area contributed by atoms with Gasteiger partial charge in [-0.3, -0.25) is 5.32 Å². The number of carbonyl (C=O) groups excluding carboxylic acids is 1. The van der Waals surface area contributed by atoms with Crippen LogP contribution in [-0.4, -0.2) is 36.0 Å². The van der Waals surface area contributed by atoms with Crippen molar-refractivity contribution in [1.29, 1.82) is 0 Å². The second-order valence-corrected chi connectivity index (χ2v) is 7.24. The molecule has 1 atom stereocenters. The average molecular weight is 436 g/mol. The Balaban J connectivity index is 2.08. The minimum atomic E-state index is -1.03. The third-order valence-electron chi connectivity index (χ3n) is 4.01. The molecule has 7 nitrogen and oxygen atoms in total. The van der Waals surface area contributed by atoms with E-state index in [0.717, 1.165) is 5.56 Å². The fraction of sp³-hybridized carbons (Fsp3) is 0.364. The number of anilines is 1. The van der Waals surface area contributed by atoms with Gasteiger partial charge in [0.15, 0.2) is 6.10 Å². The molecule has 0 radical (unpaired) electrons. The Bertz CT molecular complexity index is 853. The minimum absolute atomic E-state index is 0.0363. The van der Waals surface area contributed by atoms with Gasteiger partial charge in [-0.25, -0.2) is 9.59 Å². The Morgan fingerprint density at radius 2 is 1.83 bits per heavy atom. The molecule has 0 aliphatic carbocycles. The van der Waals surface area contributed by atoms with E-state index < -0.39 is 18.2 Å². The number of rotatable bonds is 10. The topological polar surface area (TPSA) is 94.1 Å². The fourth-order valence-electron chi connectivity index (χ4n) is 2.74. The van der Waals surface area contributed by atoms with Crippen molar-refractivity contribution in [2.75, 3.05) is 11.9 Å². The predicted molar refractivity (Wildman–Crippen MR) is 114 cm³/mol. The van der Waals surface area contributed by atoms with E-state index in [1.165, 1.54) is 0 Å². The number of hydrogen-bond acceptors (Lipinski definition) is 5. The molecule has 8 heteroatoms. The van der Waals surface area contributed by atoms with Gasteiger partial charge in [-0.15, -0.1) is 0 Å². The number of halogens is 1. The van der Waals surface area contributed by atoms with Crippen molar-refractivity contribution < 1.29 is 28.9 Å². The predicted octanol–water partition coefficient (Wildman–Crippen LogP) is 4.91. The molecule has 0 aliphatic heterocycles. The van der Waals surface area contributed by atoms with Crippen molar-refractivity contribution in [2.45, 2.75) is 46.0 Å². The lowest BCUT2D eigenvalue weighted by molar-refractivity contribution is -0.153. The highest BCUT2D eigenvalue weighted by Crippen LogP contribution is 2.23. The zero-order valence-electron chi connectivity index (χ0n) is 17.2. The summed E-state index contributed by atoms with van der Waals surface area (Å²) < 4.78 is 16.4. The first-order valence-corrected chi connectivity index (χ1v) is 9.98. The summed E-state index contributed by atoms with van der Waals surface area (Å²) in [4.78, 5) is 23.6. The van der Waals surface area contributed by atoms with Crippen LogP contribution in [-0.2, 0) is 27.3 Å². The Morgan fingerprint density at radius 3 is 2.43 bits per heavy atom. The van der Waals surface area contributed by atoms with Crippen molar-refractivity contribution in [2.24, 2.45) is 0 Å². The average Bonchev–Trinajstić information content (AvgIpc) is 2.69. The minimum Gasteiger partial charge on any atom is -0.493 e. The summed E-state index contributed by atoms with van der Waals surface area (Å²) in [5.41, 5.74) is 1.93. The summed E-state index contributed by atoms with van der Waals surface area (Å²) in [5.74, 6) is -0.463. The molecule has 1 amide bonds. The van der Waals surface area contributed by atoms with E-state index in [2.05, 4.69) is 5.32 Å². The van der Waals surface area contributed by atoms with Crippen LogP contribution >= 0.6 is 11.6 Å². The lowest BCUT2D eigenvalue weighted by atomic mass is 10.0. The summed E-state index contributed by atoms with van der Waals surface area (Å²) in [6.07, 6.45) is -1.63. The monoisotopic (exact) mass is 435 g/mol. The van der Waals surface area contributed by atoms with E-state index in [4.69, 9.17) is 25.8 Å². The molecular formula is C22H26ClNO6. The molecule has 0 saturated heterocycles. The van der Waals surface area contributed by atoms with Crippen molar-refractivity contribution in [1.82, 2.24) is 0 Å². The van der Waals surface area contributed by atoms with E-state index in [0.29, 0.717) is 28.6 Å². The van der Waals surface area contributed by atoms with Gasteiger partial charge < -0.3 is 19.3 Å². The smallest absolute Gasteiger partial charge is 0.411 e. The molecule has 30 heavy (non-hydrogen) atoms. The highest BCUT2D eigenvalue weighted by molar-refractivity contribution is 6.30. The van der Waals surface area contributed by atoms with E-state index in [1.807, 2.05) is 6.92 Å². The standard InChI is InChI=1S/C22H26ClNO6/c1-4-28-19-10-5-15(12-20(21(25)26)30-14(2)3)11-16(19)13-29-22(27)24-18-8-6-17(23)7-9-18/h5-11,14,20H,4,12-13H2,1-3H3,(H,24,27)(H,25,26). The number of ether oxygens (including phenoxy) is 3. The van der Waals surface area contributed by atoms with Crippen LogP contribution in [0.15, 0.2) is 42.5 Å². The summed E-state index contributed by atoms with van der Waals surface area (Å²) in [6.45, 7) is 5.82. The molecule has 0 aromatic heterocycles. The van der Waals surface area contributed by atoms with Crippen molar-refractivity contribution in [3.8, 4) is 5.75 Å². The van der Waals surface area contributed by atoms with Crippen LogP contribution in [0.25, 0.3) is 0 Å². The second kappa shape index (κ2) is 11.4. The molecule has 1 unspecified atom stereocenters. The zero-order chi connectivity index (χ0) is 22.1. The third-order valence-corrected chi connectivity index (χ3v) is 4.26. The van der Waals surface area contributed by atoms with Gasteiger partial charge in [0, 0.05) is 22.7 Å². The van der Waals surface area contributed by atoms with Crippen LogP contribution in [0.5, 0.6) is 5.75 Å². The number of carboxylic acid groups (broad SMARTS) is 1. The maximum Gasteiger partial charge on any atom is 0.411 e. The number of hydrogen-bond donors (Lipinski definition) is 2. The van der Waals surface area contributed by atoms with Gasteiger partial charge in [-0.1, -0.05) is 17.7 Å². The first kappa shape index (κ1) is 23.5. The van der Waals surface area contributed by atoms with E-state index in [1.54, 1.807) is 56.3 Å². The SMILES string of the molecule is CCOc1ccc(CC(OC(C)C)C(=O)O)cc1COC(=O)Nc1ccc(Cl)cc1. The molecule has 0 heterocycles. The van der Waals surface area contributed by atoms with Gasteiger partial charge in [-0.05, 0) is 62.7 Å². The highest BCUT2D eigenvalue weighted by Gasteiger charge is 2.21. The van der Waals surface area contributed by atoms with E-state index >= 15 is 0 Å². The zero-order valence-corrected chi connectivity index (χ0v) is 17.9. The number of amides is 1.